The maximum Gasteiger partial charge on any atom is 0.234 e. The summed E-state index contributed by atoms with van der Waals surface area (Å²) in [7, 11) is 0. The second-order valence-corrected chi connectivity index (χ2v) is 2.98. The van der Waals surface area contributed by atoms with E-state index in [1.807, 2.05) is 0 Å². The molecule has 0 spiro atoms. The molecule has 0 aromatic heterocycles. The SMILES string of the molecule is CC(CCCN=C=O)CCN=C=O. The van der Waals surface area contributed by atoms with Crippen LogP contribution in [0.15, 0.2) is 9.98 Å². The van der Waals surface area contributed by atoms with E-state index in [-0.39, 0.29) is 0 Å². The summed E-state index contributed by atoms with van der Waals surface area (Å²) in [6.07, 6.45) is 5.78. The van der Waals surface area contributed by atoms with Crippen molar-refractivity contribution in [2.75, 3.05) is 13.1 Å². The maximum absolute atomic E-state index is 9.74. The summed E-state index contributed by atoms with van der Waals surface area (Å²) in [4.78, 5) is 26.4. The Hall–Kier alpha value is -1.24. The van der Waals surface area contributed by atoms with E-state index in [4.69, 9.17) is 0 Å². The molecule has 4 heteroatoms. The van der Waals surface area contributed by atoms with Crippen molar-refractivity contribution in [3.63, 3.8) is 0 Å². The minimum absolute atomic E-state index is 0.513. The molecule has 0 aromatic rings. The van der Waals surface area contributed by atoms with Crippen LogP contribution in [0.25, 0.3) is 0 Å². The fourth-order valence-corrected chi connectivity index (χ4v) is 1.04. The molecular weight excluding hydrogens is 168 g/mol. The number of hydrogen-bond donors (Lipinski definition) is 0. The minimum Gasteiger partial charge on any atom is -0.211 e. The Balaban J connectivity index is 3.33. The van der Waals surface area contributed by atoms with Gasteiger partial charge in [-0.05, 0) is 25.2 Å². The fraction of sp³-hybridized carbons (Fsp3) is 0.778. The third-order valence-corrected chi connectivity index (χ3v) is 1.83. The van der Waals surface area contributed by atoms with Gasteiger partial charge in [-0.25, -0.2) is 19.6 Å². The first-order valence-corrected chi connectivity index (χ1v) is 4.38. The first-order chi connectivity index (χ1) is 6.31. The lowest BCUT2D eigenvalue weighted by Crippen LogP contribution is -1.98. The Bertz CT molecular complexity index is 216. The summed E-state index contributed by atoms with van der Waals surface area (Å²) in [6.45, 7) is 3.18. The van der Waals surface area contributed by atoms with Crippen LogP contribution in [0, 0.1) is 5.92 Å². The van der Waals surface area contributed by atoms with Crippen LogP contribution in [0.2, 0.25) is 0 Å². The van der Waals surface area contributed by atoms with Gasteiger partial charge in [0.1, 0.15) is 0 Å². The number of rotatable bonds is 7. The highest BCUT2D eigenvalue weighted by Crippen LogP contribution is 2.09. The molecular formula is C9H14N2O2. The van der Waals surface area contributed by atoms with Gasteiger partial charge in [-0.3, -0.25) is 0 Å². The normalized spacial score (nSPS) is 11.2. The largest absolute Gasteiger partial charge is 0.234 e. The van der Waals surface area contributed by atoms with Crippen molar-refractivity contribution in [3.8, 4) is 0 Å². The average Bonchev–Trinajstić information content (AvgIpc) is 2.13. The van der Waals surface area contributed by atoms with E-state index in [0.717, 1.165) is 19.3 Å². The molecule has 0 aromatic carbocycles. The summed E-state index contributed by atoms with van der Waals surface area (Å²) in [5.74, 6) is 0.513. The Labute approximate surface area is 77.8 Å². The highest BCUT2D eigenvalue weighted by Gasteiger charge is 2.00. The third kappa shape index (κ3) is 8.67. The number of isocyanates is 2. The topological polar surface area (TPSA) is 58.9 Å². The predicted octanol–water partition coefficient (Wildman–Crippen LogP) is 1.46. The van der Waals surface area contributed by atoms with Crippen LogP contribution >= 0.6 is 0 Å². The van der Waals surface area contributed by atoms with Gasteiger partial charge >= 0.3 is 0 Å². The second-order valence-electron chi connectivity index (χ2n) is 2.98. The van der Waals surface area contributed by atoms with E-state index in [1.165, 1.54) is 12.2 Å². The molecule has 1 unspecified atom stereocenters. The lowest BCUT2D eigenvalue weighted by atomic mass is 10.0. The molecule has 13 heavy (non-hydrogen) atoms. The lowest BCUT2D eigenvalue weighted by molar-refractivity contribution is 0.482. The zero-order valence-corrected chi connectivity index (χ0v) is 7.82. The molecule has 0 aliphatic carbocycles. The molecule has 0 aliphatic rings. The van der Waals surface area contributed by atoms with Gasteiger partial charge in [0, 0.05) is 0 Å². The third-order valence-electron chi connectivity index (χ3n) is 1.83. The van der Waals surface area contributed by atoms with Gasteiger partial charge in [0.05, 0.1) is 13.1 Å². The van der Waals surface area contributed by atoms with Gasteiger partial charge < -0.3 is 0 Å². The van der Waals surface area contributed by atoms with Crippen LogP contribution in [-0.2, 0) is 9.59 Å². The Morgan fingerprint density at radius 2 is 1.69 bits per heavy atom. The first-order valence-electron chi connectivity index (χ1n) is 4.38. The molecule has 4 nitrogen and oxygen atoms in total. The van der Waals surface area contributed by atoms with Crippen LogP contribution in [0.5, 0.6) is 0 Å². The van der Waals surface area contributed by atoms with Crippen molar-refractivity contribution in [2.24, 2.45) is 15.9 Å². The molecule has 0 saturated heterocycles. The van der Waals surface area contributed by atoms with Crippen molar-refractivity contribution >= 4 is 12.2 Å². The maximum atomic E-state index is 9.74. The number of carbonyl (C=O) groups excluding carboxylic acids is 2. The number of aliphatic imine (C=N–C) groups is 2. The van der Waals surface area contributed by atoms with Crippen molar-refractivity contribution < 1.29 is 9.59 Å². The molecule has 0 N–H and O–H groups in total. The first kappa shape index (κ1) is 11.8. The van der Waals surface area contributed by atoms with Gasteiger partial charge in [0.2, 0.25) is 12.2 Å². The molecule has 0 aliphatic heterocycles. The van der Waals surface area contributed by atoms with Gasteiger partial charge in [0.25, 0.3) is 0 Å². The molecule has 72 valence electrons. The van der Waals surface area contributed by atoms with Crippen molar-refractivity contribution in [2.45, 2.75) is 26.2 Å². The standard InChI is InChI=1S/C9H14N2O2/c1-9(4-6-11-8-13)3-2-5-10-7-12/h9H,2-6H2,1H3. The summed E-state index contributed by atoms with van der Waals surface area (Å²) >= 11 is 0. The van der Waals surface area contributed by atoms with Crippen molar-refractivity contribution in [1.29, 1.82) is 0 Å². The summed E-state index contributed by atoms with van der Waals surface area (Å²) < 4.78 is 0. The van der Waals surface area contributed by atoms with Crippen LogP contribution in [-0.4, -0.2) is 25.2 Å². The minimum atomic E-state index is 0.513. The van der Waals surface area contributed by atoms with Crippen molar-refractivity contribution in [3.05, 3.63) is 0 Å². The highest BCUT2D eigenvalue weighted by molar-refractivity contribution is 5.32. The van der Waals surface area contributed by atoms with Crippen LogP contribution in [0.4, 0.5) is 0 Å². The average molecular weight is 182 g/mol. The van der Waals surface area contributed by atoms with Gasteiger partial charge in [-0.1, -0.05) is 6.92 Å². The molecule has 0 saturated carbocycles. The van der Waals surface area contributed by atoms with E-state index < -0.39 is 0 Å². The Morgan fingerprint density at radius 1 is 1.08 bits per heavy atom. The smallest absolute Gasteiger partial charge is 0.211 e. The number of nitrogens with zero attached hydrogens (tertiary/aromatic N) is 2. The van der Waals surface area contributed by atoms with Crippen molar-refractivity contribution in [1.82, 2.24) is 0 Å². The molecule has 0 rings (SSSR count). The van der Waals surface area contributed by atoms with Gasteiger partial charge in [-0.15, -0.1) is 0 Å². The van der Waals surface area contributed by atoms with Gasteiger partial charge in [0.15, 0.2) is 0 Å². The molecule has 0 fully saturated rings. The van der Waals surface area contributed by atoms with Crippen LogP contribution in [0.1, 0.15) is 26.2 Å². The van der Waals surface area contributed by atoms with E-state index >= 15 is 0 Å². The van der Waals surface area contributed by atoms with Crippen LogP contribution < -0.4 is 0 Å². The lowest BCUT2D eigenvalue weighted by Gasteiger charge is -2.06. The Kier molecular flexibility index (Phi) is 8.01. The molecule has 1 atom stereocenters. The van der Waals surface area contributed by atoms with E-state index in [1.54, 1.807) is 0 Å². The monoisotopic (exact) mass is 182 g/mol. The quantitative estimate of drug-likeness (QED) is 0.340. The molecule has 0 bridgehead atoms. The summed E-state index contributed by atoms with van der Waals surface area (Å²) in [5.41, 5.74) is 0. The zero-order chi connectivity index (χ0) is 9.94. The van der Waals surface area contributed by atoms with Gasteiger partial charge in [-0.2, -0.15) is 0 Å². The second kappa shape index (κ2) is 8.85. The Morgan fingerprint density at radius 3 is 2.31 bits per heavy atom. The summed E-state index contributed by atoms with van der Waals surface area (Å²) in [5, 5.41) is 0. The predicted molar refractivity (Wildman–Crippen MR) is 49.0 cm³/mol. The molecule has 0 amide bonds. The van der Waals surface area contributed by atoms with E-state index in [0.29, 0.717) is 19.0 Å². The number of hydrogen-bond acceptors (Lipinski definition) is 4. The summed E-state index contributed by atoms with van der Waals surface area (Å²) in [6, 6.07) is 0. The molecule has 0 radical (unpaired) electrons. The van der Waals surface area contributed by atoms with Crippen LogP contribution in [0.3, 0.4) is 0 Å². The molecule has 0 heterocycles. The van der Waals surface area contributed by atoms with E-state index in [2.05, 4.69) is 16.9 Å². The van der Waals surface area contributed by atoms with E-state index in [9.17, 15) is 9.59 Å². The highest BCUT2D eigenvalue weighted by atomic mass is 16.1. The fourth-order valence-electron chi connectivity index (χ4n) is 1.04. The zero-order valence-electron chi connectivity index (χ0n) is 7.82.